The van der Waals surface area contributed by atoms with E-state index in [0.717, 1.165) is 5.69 Å². The summed E-state index contributed by atoms with van der Waals surface area (Å²) in [5.74, 6) is -0.567. The summed E-state index contributed by atoms with van der Waals surface area (Å²) in [6.07, 6.45) is 0. The lowest BCUT2D eigenvalue weighted by atomic mass is 10.1. The zero-order valence-corrected chi connectivity index (χ0v) is 11.2. The topological polar surface area (TPSA) is 70.6 Å². The van der Waals surface area contributed by atoms with Crippen LogP contribution in [0.4, 0.5) is 10.1 Å². The molecule has 0 aliphatic heterocycles. The molecule has 104 valence electrons. The molecule has 0 heterocycles. The van der Waals surface area contributed by atoms with Crippen LogP contribution in [-0.2, 0) is 6.54 Å². The SMILES string of the molecule is NC(=NO)c1ccc(CNc2ccccc2Cl)c(F)c1. The highest BCUT2D eigenvalue weighted by Gasteiger charge is 2.07. The van der Waals surface area contributed by atoms with Crippen molar-refractivity contribution in [3.05, 3.63) is 64.4 Å². The highest BCUT2D eigenvalue weighted by atomic mass is 35.5. The van der Waals surface area contributed by atoms with Gasteiger partial charge in [0.15, 0.2) is 5.84 Å². The van der Waals surface area contributed by atoms with Crippen LogP contribution >= 0.6 is 11.6 Å². The molecule has 2 rings (SSSR count). The van der Waals surface area contributed by atoms with Crippen molar-refractivity contribution in [2.45, 2.75) is 6.54 Å². The number of para-hydroxylation sites is 1. The first-order valence-electron chi connectivity index (χ1n) is 5.86. The quantitative estimate of drug-likeness (QED) is 0.351. The lowest BCUT2D eigenvalue weighted by molar-refractivity contribution is 0.318. The average molecular weight is 294 g/mol. The third-order valence-electron chi connectivity index (χ3n) is 2.80. The lowest BCUT2D eigenvalue weighted by Gasteiger charge is -2.09. The third-order valence-corrected chi connectivity index (χ3v) is 3.13. The first kappa shape index (κ1) is 14.1. The minimum absolute atomic E-state index is 0.130. The zero-order chi connectivity index (χ0) is 14.5. The summed E-state index contributed by atoms with van der Waals surface area (Å²) in [5, 5.41) is 15.0. The van der Waals surface area contributed by atoms with Crippen molar-refractivity contribution in [3.63, 3.8) is 0 Å². The maximum absolute atomic E-state index is 13.9. The molecule has 2 aromatic rings. The molecule has 4 N–H and O–H groups in total. The molecule has 0 radical (unpaired) electrons. The van der Waals surface area contributed by atoms with E-state index in [0.29, 0.717) is 16.1 Å². The molecule has 0 aliphatic carbocycles. The summed E-state index contributed by atoms with van der Waals surface area (Å²) >= 11 is 6.00. The fourth-order valence-electron chi connectivity index (χ4n) is 1.70. The fourth-order valence-corrected chi connectivity index (χ4v) is 1.91. The molecule has 4 nitrogen and oxygen atoms in total. The summed E-state index contributed by atoms with van der Waals surface area (Å²) in [5.41, 5.74) is 6.91. The van der Waals surface area contributed by atoms with E-state index < -0.39 is 5.82 Å². The number of nitrogens with one attached hydrogen (secondary N) is 1. The van der Waals surface area contributed by atoms with Crippen molar-refractivity contribution in [2.24, 2.45) is 10.9 Å². The average Bonchev–Trinajstić information content (AvgIpc) is 2.46. The van der Waals surface area contributed by atoms with Crippen LogP contribution < -0.4 is 11.1 Å². The zero-order valence-electron chi connectivity index (χ0n) is 10.5. The molecule has 2 aromatic carbocycles. The minimum Gasteiger partial charge on any atom is -0.409 e. The van der Waals surface area contributed by atoms with Crippen LogP contribution in [0.25, 0.3) is 0 Å². The van der Waals surface area contributed by atoms with Crippen LogP contribution in [0.3, 0.4) is 0 Å². The van der Waals surface area contributed by atoms with Gasteiger partial charge in [-0.3, -0.25) is 0 Å². The number of nitrogens with two attached hydrogens (primary N) is 1. The van der Waals surface area contributed by atoms with Gasteiger partial charge >= 0.3 is 0 Å². The minimum atomic E-state index is -0.436. The summed E-state index contributed by atoms with van der Waals surface area (Å²) in [4.78, 5) is 0. The maximum atomic E-state index is 13.9. The smallest absolute Gasteiger partial charge is 0.170 e. The van der Waals surface area contributed by atoms with Crippen molar-refractivity contribution in [1.29, 1.82) is 0 Å². The number of rotatable bonds is 4. The van der Waals surface area contributed by atoms with Gasteiger partial charge in [-0.25, -0.2) is 4.39 Å². The van der Waals surface area contributed by atoms with Gasteiger partial charge in [0.25, 0.3) is 0 Å². The highest BCUT2D eigenvalue weighted by Crippen LogP contribution is 2.21. The van der Waals surface area contributed by atoms with Crippen molar-refractivity contribution >= 4 is 23.1 Å². The Morgan fingerprint density at radius 3 is 2.70 bits per heavy atom. The normalized spacial score (nSPS) is 11.4. The van der Waals surface area contributed by atoms with Crippen molar-refractivity contribution in [2.75, 3.05) is 5.32 Å². The number of hydrogen-bond acceptors (Lipinski definition) is 3. The molecular formula is C14H13ClFN3O. The molecule has 0 aromatic heterocycles. The van der Waals surface area contributed by atoms with Gasteiger partial charge < -0.3 is 16.3 Å². The van der Waals surface area contributed by atoms with E-state index in [1.54, 1.807) is 18.2 Å². The van der Waals surface area contributed by atoms with Gasteiger partial charge in [-0.15, -0.1) is 0 Å². The Hall–Kier alpha value is -2.27. The summed E-state index contributed by atoms with van der Waals surface area (Å²) < 4.78 is 13.9. The van der Waals surface area contributed by atoms with Gasteiger partial charge in [-0.1, -0.05) is 41.0 Å². The van der Waals surface area contributed by atoms with E-state index in [4.69, 9.17) is 22.5 Å². The first-order valence-corrected chi connectivity index (χ1v) is 6.24. The fraction of sp³-hybridized carbons (Fsp3) is 0.0714. The van der Waals surface area contributed by atoms with Crippen LogP contribution in [0.2, 0.25) is 5.02 Å². The molecule has 0 saturated heterocycles. The Bertz CT molecular complexity index is 646. The van der Waals surface area contributed by atoms with E-state index in [2.05, 4.69) is 10.5 Å². The van der Waals surface area contributed by atoms with Crippen molar-refractivity contribution in [1.82, 2.24) is 0 Å². The molecule has 0 amide bonds. The number of amidine groups is 1. The van der Waals surface area contributed by atoms with Crippen LogP contribution in [-0.4, -0.2) is 11.0 Å². The van der Waals surface area contributed by atoms with Gasteiger partial charge in [-0.2, -0.15) is 0 Å². The number of halogens is 2. The van der Waals surface area contributed by atoms with Gasteiger partial charge in [-0.05, 0) is 18.2 Å². The van der Waals surface area contributed by atoms with Crippen LogP contribution in [0.1, 0.15) is 11.1 Å². The predicted octanol–water partition coefficient (Wildman–Crippen LogP) is 3.19. The Morgan fingerprint density at radius 1 is 1.30 bits per heavy atom. The highest BCUT2D eigenvalue weighted by molar-refractivity contribution is 6.33. The van der Waals surface area contributed by atoms with Gasteiger partial charge in [0.05, 0.1) is 10.7 Å². The third kappa shape index (κ3) is 3.19. The van der Waals surface area contributed by atoms with Crippen LogP contribution in [0, 0.1) is 5.82 Å². The number of oxime groups is 1. The molecule has 0 atom stereocenters. The van der Waals surface area contributed by atoms with Gasteiger partial charge in [0, 0.05) is 17.7 Å². The van der Waals surface area contributed by atoms with Crippen molar-refractivity contribution in [3.8, 4) is 0 Å². The molecular weight excluding hydrogens is 281 g/mol. The molecule has 20 heavy (non-hydrogen) atoms. The van der Waals surface area contributed by atoms with Gasteiger partial charge in [0.1, 0.15) is 5.82 Å². The Morgan fingerprint density at radius 2 is 2.05 bits per heavy atom. The Kier molecular flexibility index (Phi) is 4.42. The Labute approximate surface area is 120 Å². The second kappa shape index (κ2) is 6.25. The second-order valence-corrected chi connectivity index (χ2v) is 4.53. The summed E-state index contributed by atoms with van der Waals surface area (Å²) in [6, 6.07) is 11.6. The largest absolute Gasteiger partial charge is 0.409 e. The van der Waals surface area contributed by atoms with E-state index in [1.165, 1.54) is 6.07 Å². The van der Waals surface area contributed by atoms with E-state index in [1.807, 2.05) is 18.2 Å². The molecule has 0 spiro atoms. The molecule has 0 fully saturated rings. The van der Waals surface area contributed by atoms with E-state index >= 15 is 0 Å². The predicted molar refractivity (Wildman–Crippen MR) is 77.7 cm³/mol. The van der Waals surface area contributed by atoms with E-state index in [-0.39, 0.29) is 12.4 Å². The van der Waals surface area contributed by atoms with Gasteiger partial charge in [0.2, 0.25) is 0 Å². The second-order valence-electron chi connectivity index (χ2n) is 4.12. The molecule has 0 bridgehead atoms. The molecule has 0 unspecified atom stereocenters. The number of benzene rings is 2. The number of anilines is 1. The lowest BCUT2D eigenvalue weighted by Crippen LogP contribution is -2.14. The first-order chi connectivity index (χ1) is 9.61. The van der Waals surface area contributed by atoms with Crippen LogP contribution in [0.5, 0.6) is 0 Å². The Balaban J connectivity index is 2.13. The summed E-state index contributed by atoms with van der Waals surface area (Å²) in [7, 11) is 0. The number of nitrogens with zero attached hydrogens (tertiary/aromatic N) is 1. The van der Waals surface area contributed by atoms with Crippen molar-refractivity contribution < 1.29 is 9.60 Å². The molecule has 0 saturated carbocycles. The van der Waals surface area contributed by atoms with Crippen LogP contribution in [0.15, 0.2) is 47.6 Å². The summed E-state index contributed by atoms with van der Waals surface area (Å²) in [6.45, 7) is 0.284. The standard InChI is InChI=1S/C14H13ClFN3O/c15-11-3-1-2-4-13(11)18-8-10-6-5-9(7-12(10)16)14(17)19-20/h1-7,18,20H,8H2,(H2,17,19). The molecule has 6 heteroatoms. The molecule has 0 aliphatic rings. The number of hydrogen-bond donors (Lipinski definition) is 3. The monoisotopic (exact) mass is 293 g/mol. The van der Waals surface area contributed by atoms with E-state index in [9.17, 15) is 4.39 Å². The maximum Gasteiger partial charge on any atom is 0.170 e.